The number of hydrogen-bond acceptors (Lipinski definition) is 3. The molecule has 0 saturated carbocycles. The minimum absolute atomic E-state index is 0.537. The van der Waals surface area contributed by atoms with Crippen molar-refractivity contribution in [3.63, 3.8) is 0 Å². The molecular weight excluding hydrogens is 222 g/mol. The Labute approximate surface area is 105 Å². The molecule has 88 valence electrons. The second-order valence-corrected chi connectivity index (χ2v) is 4.15. The van der Waals surface area contributed by atoms with Crippen LogP contribution in [0, 0.1) is 0 Å². The third kappa shape index (κ3) is 1.96. The highest BCUT2D eigenvalue weighted by Crippen LogP contribution is 2.19. The van der Waals surface area contributed by atoms with Gasteiger partial charge < -0.3 is 5.73 Å². The van der Waals surface area contributed by atoms with Crippen molar-refractivity contribution in [2.75, 3.05) is 0 Å². The van der Waals surface area contributed by atoms with Crippen LogP contribution in [0.3, 0.4) is 0 Å². The lowest BCUT2D eigenvalue weighted by atomic mass is 10.1. The van der Waals surface area contributed by atoms with Crippen molar-refractivity contribution in [2.45, 2.75) is 6.54 Å². The van der Waals surface area contributed by atoms with Crippen molar-refractivity contribution in [3.8, 4) is 11.3 Å². The summed E-state index contributed by atoms with van der Waals surface area (Å²) in [5.74, 6) is 0. The average molecular weight is 235 g/mol. The maximum atomic E-state index is 5.65. The van der Waals surface area contributed by atoms with Crippen LogP contribution in [0.1, 0.15) is 5.56 Å². The fourth-order valence-electron chi connectivity index (χ4n) is 1.95. The normalized spacial score (nSPS) is 10.7. The number of fused-ring (bicyclic) bond motifs is 1. The Morgan fingerprint density at radius 1 is 0.944 bits per heavy atom. The summed E-state index contributed by atoms with van der Waals surface area (Å²) in [6.07, 6.45) is 1.80. The lowest BCUT2D eigenvalue weighted by Gasteiger charge is -2.04. The van der Waals surface area contributed by atoms with E-state index in [9.17, 15) is 0 Å². The van der Waals surface area contributed by atoms with Gasteiger partial charge in [0.25, 0.3) is 0 Å². The van der Waals surface area contributed by atoms with E-state index in [2.05, 4.69) is 16.0 Å². The molecule has 3 heteroatoms. The molecule has 0 saturated heterocycles. The monoisotopic (exact) mass is 235 g/mol. The molecule has 18 heavy (non-hydrogen) atoms. The van der Waals surface area contributed by atoms with Crippen LogP contribution in [-0.4, -0.2) is 9.97 Å². The third-order valence-electron chi connectivity index (χ3n) is 2.91. The summed E-state index contributed by atoms with van der Waals surface area (Å²) in [5, 5.41) is 0. The van der Waals surface area contributed by atoms with E-state index in [0.717, 1.165) is 27.9 Å². The van der Waals surface area contributed by atoms with Gasteiger partial charge in [-0.25, -0.2) is 4.98 Å². The molecule has 3 rings (SSSR count). The molecule has 1 aromatic heterocycles. The number of nitrogens with zero attached hydrogens (tertiary/aromatic N) is 2. The first-order valence-corrected chi connectivity index (χ1v) is 5.88. The molecule has 2 N–H and O–H groups in total. The Morgan fingerprint density at radius 3 is 2.61 bits per heavy atom. The largest absolute Gasteiger partial charge is 0.326 e. The SMILES string of the molecule is NCc1cccc(-c2cnc3ccccc3n2)c1. The quantitative estimate of drug-likeness (QED) is 0.743. The Balaban J connectivity index is 2.13. The topological polar surface area (TPSA) is 51.8 Å². The van der Waals surface area contributed by atoms with Crippen LogP contribution in [0.2, 0.25) is 0 Å². The van der Waals surface area contributed by atoms with Gasteiger partial charge in [0.2, 0.25) is 0 Å². The smallest absolute Gasteiger partial charge is 0.0894 e. The van der Waals surface area contributed by atoms with Crippen LogP contribution in [0.5, 0.6) is 0 Å². The van der Waals surface area contributed by atoms with Crippen molar-refractivity contribution in [1.29, 1.82) is 0 Å². The molecule has 0 atom stereocenters. The van der Waals surface area contributed by atoms with Crippen LogP contribution in [0.25, 0.3) is 22.3 Å². The predicted octanol–water partition coefficient (Wildman–Crippen LogP) is 2.76. The van der Waals surface area contributed by atoms with E-state index in [0.29, 0.717) is 6.54 Å². The second-order valence-electron chi connectivity index (χ2n) is 4.15. The molecule has 3 aromatic rings. The van der Waals surface area contributed by atoms with Crippen molar-refractivity contribution in [2.24, 2.45) is 5.73 Å². The number of para-hydroxylation sites is 2. The second kappa shape index (κ2) is 4.55. The van der Waals surface area contributed by atoms with Gasteiger partial charge >= 0.3 is 0 Å². The molecule has 3 nitrogen and oxygen atoms in total. The summed E-state index contributed by atoms with van der Waals surface area (Å²) < 4.78 is 0. The summed E-state index contributed by atoms with van der Waals surface area (Å²) in [7, 11) is 0. The van der Waals surface area contributed by atoms with Gasteiger partial charge in [-0.2, -0.15) is 0 Å². The number of nitrogens with two attached hydrogens (primary N) is 1. The van der Waals surface area contributed by atoms with Gasteiger partial charge in [-0.05, 0) is 23.8 Å². The molecule has 0 fully saturated rings. The molecular formula is C15H13N3. The van der Waals surface area contributed by atoms with Gasteiger partial charge in [0.05, 0.1) is 22.9 Å². The molecule has 0 spiro atoms. The maximum Gasteiger partial charge on any atom is 0.0894 e. The van der Waals surface area contributed by atoms with Gasteiger partial charge in [0.1, 0.15) is 0 Å². The van der Waals surface area contributed by atoms with E-state index in [1.165, 1.54) is 0 Å². The summed E-state index contributed by atoms with van der Waals surface area (Å²) in [6, 6.07) is 16.0. The Bertz CT molecular complexity index is 692. The summed E-state index contributed by atoms with van der Waals surface area (Å²) >= 11 is 0. The van der Waals surface area contributed by atoms with E-state index in [1.807, 2.05) is 42.5 Å². The minimum atomic E-state index is 0.537. The predicted molar refractivity (Wildman–Crippen MR) is 72.9 cm³/mol. The molecule has 0 aliphatic rings. The molecule has 2 aromatic carbocycles. The summed E-state index contributed by atoms with van der Waals surface area (Å²) in [4.78, 5) is 9.04. The highest BCUT2D eigenvalue weighted by atomic mass is 14.8. The van der Waals surface area contributed by atoms with E-state index in [1.54, 1.807) is 6.20 Å². The fourth-order valence-corrected chi connectivity index (χ4v) is 1.95. The first kappa shape index (κ1) is 10.9. The third-order valence-corrected chi connectivity index (χ3v) is 2.91. The van der Waals surface area contributed by atoms with E-state index in [-0.39, 0.29) is 0 Å². The van der Waals surface area contributed by atoms with Crippen LogP contribution in [0.15, 0.2) is 54.7 Å². The maximum absolute atomic E-state index is 5.65. The highest BCUT2D eigenvalue weighted by molar-refractivity contribution is 5.76. The molecule has 0 aliphatic carbocycles. The molecule has 0 radical (unpaired) electrons. The highest BCUT2D eigenvalue weighted by Gasteiger charge is 2.02. The van der Waals surface area contributed by atoms with Crippen LogP contribution in [-0.2, 0) is 6.54 Å². The van der Waals surface area contributed by atoms with Gasteiger partial charge in [-0.15, -0.1) is 0 Å². The van der Waals surface area contributed by atoms with Crippen molar-refractivity contribution in [1.82, 2.24) is 9.97 Å². The fraction of sp³-hybridized carbons (Fsp3) is 0.0667. The van der Waals surface area contributed by atoms with Gasteiger partial charge in [0, 0.05) is 12.1 Å². The average Bonchev–Trinajstić information content (AvgIpc) is 2.47. The molecule has 0 unspecified atom stereocenters. The van der Waals surface area contributed by atoms with E-state index in [4.69, 9.17) is 5.73 Å². The first-order chi connectivity index (χ1) is 8.86. The zero-order chi connectivity index (χ0) is 12.4. The van der Waals surface area contributed by atoms with E-state index >= 15 is 0 Å². The number of rotatable bonds is 2. The molecule has 0 aliphatic heterocycles. The van der Waals surface area contributed by atoms with Crippen LogP contribution >= 0.6 is 0 Å². The van der Waals surface area contributed by atoms with Crippen molar-refractivity contribution < 1.29 is 0 Å². The van der Waals surface area contributed by atoms with Gasteiger partial charge in [-0.1, -0.05) is 30.3 Å². The zero-order valence-electron chi connectivity index (χ0n) is 9.88. The number of aromatic nitrogens is 2. The van der Waals surface area contributed by atoms with Gasteiger partial charge in [0.15, 0.2) is 0 Å². The Morgan fingerprint density at radius 2 is 1.78 bits per heavy atom. The summed E-state index contributed by atoms with van der Waals surface area (Å²) in [6.45, 7) is 0.537. The number of hydrogen-bond donors (Lipinski definition) is 1. The molecule has 0 bridgehead atoms. The first-order valence-electron chi connectivity index (χ1n) is 5.88. The van der Waals surface area contributed by atoms with Gasteiger partial charge in [-0.3, -0.25) is 4.98 Å². The molecule has 0 amide bonds. The van der Waals surface area contributed by atoms with Crippen LogP contribution in [0.4, 0.5) is 0 Å². The standard InChI is InChI=1S/C15H13N3/c16-9-11-4-3-5-12(8-11)15-10-17-13-6-1-2-7-14(13)18-15/h1-8,10H,9,16H2. The Kier molecular flexibility index (Phi) is 2.74. The lowest BCUT2D eigenvalue weighted by molar-refractivity contribution is 1.07. The zero-order valence-corrected chi connectivity index (χ0v) is 9.88. The van der Waals surface area contributed by atoms with Crippen molar-refractivity contribution in [3.05, 3.63) is 60.3 Å². The molecule has 1 heterocycles. The van der Waals surface area contributed by atoms with Crippen molar-refractivity contribution >= 4 is 11.0 Å². The van der Waals surface area contributed by atoms with E-state index < -0.39 is 0 Å². The number of benzene rings is 2. The lowest BCUT2D eigenvalue weighted by Crippen LogP contribution is -1.96. The van der Waals surface area contributed by atoms with Crippen LogP contribution < -0.4 is 5.73 Å². The Hall–Kier alpha value is -2.26. The summed E-state index contributed by atoms with van der Waals surface area (Å²) in [5.41, 5.74) is 10.5. The minimum Gasteiger partial charge on any atom is -0.326 e.